The molecule has 0 spiro atoms. The number of rotatable bonds is 4. The third kappa shape index (κ3) is 2.74. The van der Waals surface area contributed by atoms with Gasteiger partial charge in [0.1, 0.15) is 4.83 Å². The van der Waals surface area contributed by atoms with Crippen molar-refractivity contribution in [2.75, 3.05) is 5.75 Å². The second-order valence-electron chi connectivity index (χ2n) is 4.00. The first-order valence-corrected chi connectivity index (χ1v) is 7.49. The zero-order valence-corrected chi connectivity index (χ0v) is 11.8. The van der Waals surface area contributed by atoms with Crippen LogP contribution in [0.2, 0.25) is 0 Å². The molecule has 2 heterocycles. The van der Waals surface area contributed by atoms with E-state index in [1.807, 2.05) is 13.0 Å². The second-order valence-corrected chi connectivity index (χ2v) is 6.12. The summed E-state index contributed by atoms with van der Waals surface area (Å²) in [4.78, 5) is 21.0. The lowest BCUT2D eigenvalue weighted by molar-refractivity contribution is 0.857. The molecule has 0 fully saturated rings. The zero-order valence-electron chi connectivity index (χ0n) is 10.2. The number of fused-ring (bicyclic) bond motifs is 1. The van der Waals surface area contributed by atoms with Crippen LogP contribution in [-0.4, -0.2) is 15.7 Å². The number of aromatic amines is 1. The fourth-order valence-electron chi connectivity index (χ4n) is 1.45. The summed E-state index contributed by atoms with van der Waals surface area (Å²) >= 11 is 2.97. The fourth-order valence-corrected chi connectivity index (χ4v) is 3.27. The number of hydrogen-bond donors (Lipinski definition) is 1. The minimum atomic E-state index is -0.0944. The molecule has 0 aliphatic heterocycles. The summed E-state index contributed by atoms with van der Waals surface area (Å²) in [7, 11) is 0. The van der Waals surface area contributed by atoms with Crippen molar-refractivity contribution in [1.82, 2.24) is 9.97 Å². The first-order chi connectivity index (χ1) is 8.63. The molecule has 2 rings (SSSR count). The Kier molecular flexibility index (Phi) is 4.04. The average Bonchev–Trinajstić information content (AvgIpc) is 2.79. The van der Waals surface area contributed by atoms with Gasteiger partial charge >= 0.3 is 0 Å². The van der Waals surface area contributed by atoms with Crippen LogP contribution < -0.4 is 5.56 Å². The molecular formula is C12H13N3OS2. The van der Waals surface area contributed by atoms with E-state index in [1.54, 1.807) is 11.3 Å². The van der Waals surface area contributed by atoms with Crippen molar-refractivity contribution in [3.8, 4) is 6.07 Å². The zero-order chi connectivity index (χ0) is 13.1. The van der Waals surface area contributed by atoms with Gasteiger partial charge in [0.2, 0.25) is 0 Å². The molecule has 0 aliphatic rings. The van der Waals surface area contributed by atoms with Crippen molar-refractivity contribution in [3.05, 3.63) is 21.3 Å². The van der Waals surface area contributed by atoms with E-state index in [1.165, 1.54) is 11.8 Å². The van der Waals surface area contributed by atoms with Crippen molar-refractivity contribution in [2.24, 2.45) is 5.92 Å². The largest absolute Gasteiger partial charge is 0.301 e. The van der Waals surface area contributed by atoms with Gasteiger partial charge in [-0.3, -0.25) is 4.79 Å². The van der Waals surface area contributed by atoms with E-state index in [2.05, 4.69) is 23.0 Å². The highest BCUT2D eigenvalue weighted by Gasteiger charge is 2.09. The summed E-state index contributed by atoms with van der Waals surface area (Å²) in [5.74, 6) is 0.585. The molecule has 0 saturated carbocycles. The highest BCUT2D eigenvalue weighted by molar-refractivity contribution is 7.99. The Labute approximate surface area is 113 Å². The molecule has 1 N–H and O–H groups in total. The quantitative estimate of drug-likeness (QED) is 0.690. The van der Waals surface area contributed by atoms with E-state index < -0.39 is 0 Å². The summed E-state index contributed by atoms with van der Waals surface area (Å²) in [5, 5.41) is 9.98. The Hall–Kier alpha value is -1.32. The number of H-pyrrole nitrogens is 1. The maximum absolute atomic E-state index is 11.9. The van der Waals surface area contributed by atoms with Crippen LogP contribution in [0.5, 0.6) is 0 Å². The van der Waals surface area contributed by atoms with Crippen LogP contribution in [0.3, 0.4) is 0 Å². The number of hydrogen-bond acceptors (Lipinski definition) is 5. The standard InChI is InChI=1S/C12H13N3OS2/c1-3-8-4-9-10(16)14-12(15-11(9)18-8)17-6-7(2)5-13/h4,7H,3,6H2,1-2H3,(H,14,15,16). The first kappa shape index (κ1) is 13.1. The van der Waals surface area contributed by atoms with Gasteiger partial charge in [0.25, 0.3) is 5.56 Å². The van der Waals surface area contributed by atoms with E-state index in [0.29, 0.717) is 16.3 Å². The van der Waals surface area contributed by atoms with Gasteiger partial charge < -0.3 is 4.98 Å². The lowest BCUT2D eigenvalue weighted by atomic mass is 10.3. The predicted molar refractivity (Wildman–Crippen MR) is 75.1 cm³/mol. The monoisotopic (exact) mass is 279 g/mol. The van der Waals surface area contributed by atoms with Gasteiger partial charge in [-0.2, -0.15) is 5.26 Å². The molecule has 6 heteroatoms. The molecular weight excluding hydrogens is 266 g/mol. The number of aryl methyl sites for hydroxylation is 1. The Morgan fingerprint density at radius 3 is 3.11 bits per heavy atom. The van der Waals surface area contributed by atoms with Gasteiger partial charge in [-0.05, 0) is 19.4 Å². The number of nitrogens with zero attached hydrogens (tertiary/aromatic N) is 2. The number of thiophene rings is 1. The minimum absolute atomic E-state index is 0.0504. The normalized spacial score (nSPS) is 12.5. The molecule has 0 aliphatic carbocycles. The van der Waals surface area contributed by atoms with Crippen molar-refractivity contribution in [3.63, 3.8) is 0 Å². The molecule has 0 aromatic carbocycles. The van der Waals surface area contributed by atoms with Gasteiger partial charge in [0.05, 0.1) is 17.4 Å². The van der Waals surface area contributed by atoms with Crippen molar-refractivity contribution < 1.29 is 0 Å². The van der Waals surface area contributed by atoms with Crippen LogP contribution in [0.15, 0.2) is 16.0 Å². The SMILES string of the molecule is CCc1cc2c(=O)[nH]c(SCC(C)C#N)nc2s1. The summed E-state index contributed by atoms with van der Waals surface area (Å²) < 4.78 is 0. The predicted octanol–water partition coefficient (Wildman–Crippen LogP) is 2.80. The minimum Gasteiger partial charge on any atom is -0.301 e. The Bertz CT molecular complexity index is 653. The maximum atomic E-state index is 11.9. The molecule has 0 saturated heterocycles. The van der Waals surface area contributed by atoms with Gasteiger partial charge in [-0.25, -0.2) is 4.98 Å². The van der Waals surface area contributed by atoms with Crippen molar-refractivity contribution in [2.45, 2.75) is 25.4 Å². The summed E-state index contributed by atoms with van der Waals surface area (Å²) in [6, 6.07) is 4.06. The average molecular weight is 279 g/mol. The summed E-state index contributed by atoms with van der Waals surface area (Å²) in [5.41, 5.74) is -0.0944. The van der Waals surface area contributed by atoms with E-state index in [9.17, 15) is 4.79 Å². The van der Waals surface area contributed by atoms with Crippen molar-refractivity contribution >= 4 is 33.3 Å². The lowest BCUT2D eigenvalue weighted by Crippen LogP contribution is -2.08. The number of aromatic nitrogens is 2. The third-order valence-corrected chi connectivity index (χ3v) is 4.78. The molecule has 0 bridgehead atoms. The van der Waals surface area contributed by atoms with E-state index in [-0.39, 0.29) is 11.5 Å². The van der Waals surface area contributed by atoms with Crippen LogP contribution in [0.25, 0.3) is 10.2 Å². The Morgan fingerprint density at radius 2 is 2.44 bits per heavy atom. The molecule has 1 unspecified atom stereocenters. The topological polar surface area (TPSA) is 69.5 Å². The third-order valence-electron chi connectivity index (χ3n) is 2.47. The molecule has 4 nitrogen and oxygen atoms in total. The smallest absolute Gasteiger partial charge is 0.260 e. The molecule has 0 amide bonds. The van der Waals surface area contributed by atoms with Gasteiger partial charge in [0, 0.05) is 10.6 Å². The van der Waals surface area contributed by atoms with Gasteiger partial charge in [0.15, 0.2) is 5.16 Å². The van der Waals surface area contributed by atoms with E-state index >= 15 is 0 Å². The van der Waals surface area contributed by atoms with Crippen molar-refractivity contribution in [1.29, 1.82) is 5.26 Å². The molecule has 0 radical (unpaired) electrons. The number of nitrogens with one attached hydrogen (secondary N) is 1. The first-order valence-electron chi connectivity index (χ1n) is 5.69. The molecule has 94 valence electrons. The lowest BCUT2D eigenvalue weighted by Gasteiger charge is -2.01. The maximum Gasteiger partial charge on any atom is 0.260 e. The van der Waals surface area contributed by atoms with E-state index in [4.69, 9.17) is 5.26 Å². The number of nitriles is 1. The van der Waals surface area contributed by atoms with Crippen LogP contribution in [0.4, 0.5) is 0 Å². The van der Waals surface area contributed by atoms with Crippen LogP contribution >= 0.6 is 23.1 Å². The molecule has 2 aromatic heterocycles. The van der Waals surface area contributed by atoms with E-state index in [0.717, 1.165) is 16.1 Å². The van der Waals surface area contributed by atoms with Crippen LogP contribution in [0.1, 0.15) is 18.7 Å². The highest BCUT2D eigenvalue weighted by atomic mass is 32.2. The fraction of sp³-hybridized carbons (Fsp3) is 0.417. The molecule has 18 heavy (non-hydrogen) atoms. The van der Waals surface area contributed by atoms with Gasteiger partial charge in [-0.1, -0.05) is 18.7 Å². The Morgan fingerprint density at radius 1 is 1.67 bits per heavy atom. The number of thioether (sulfide) groups is 1. The summed E-state index contributed by atoms with van der Waals surface area (Å²) in [6.45, 7) is 3.91. The van der Waals surface area contributed by atoms with Crippen LogP contribution in [-0.2, 0) is 6.42 Å². The highest BCUT2D eigenvalue weighted by Crippen LogP contribution is 2.24. The molecule has 1 atom stereocenters. The summed E-state index contributed by atoms with van der Waals surface area (Å²) in [6.07, 6.45) is 0.911. The molecule has 2 aromatic rings. The van der Waals surface area contributed by atoms with Gasteiger partial charge in [-0.15, -0.1) is 11.3 Å². The van der Waals surface area contributed by atoms with Crippen LogP contribution in [0, 0.1) is 17.2 Å². The Balaban J connectivity index is 2.31. The second kappa shape index (κ2) is 5.55.